The van der Waals surface area contributed by atoms with Gasteiger partial charge in [-0.25, -0.2) is 18.7 Å². The van der Waals surface area contributed by atoms with Crippen LogP contribution in [0.15, 0.2) is 91.3 Å². The molecule has 37 heavy (non-hydrogen) atoms. The molecule has 2 amide bonds. The fraction of sp³-hybridized carbons (Fsp3) is 0.185. The molecule has 5 rings (SSSR count). The molecule has 0 radical (unpaired) electrons. The van der Waals surface area contributed by atoms with Crippen molar-refractivity contribution in [1.82, 2.24) is 15.0 Å². The van der Waals surface area contributed by atoms with Crippen LogP contribution in [0.3, 0.4) is 0 Å². The molecule has 1 aliphatic rings. The summed E-state index contributed by atoms with van der Waals surface area (Å²) in [7, 11) is 0. The first kappa shape index (κ1) is 24.0. The molecule has 4 aromatic rings. The molecule has 0 N–H and O–H groups in total. The second-order valence-electron chi connectivity index (χ2n) is 8.49. The summed E-state index contributed by atoms with van der Waals surface area (Å²) >= 11 is 0. The number of carbonyl (C=O) groups excluding carboxylic acids is 2. The molecular formula is C27H24FN5O4. The highest BCUT2D eigenvalue weighted by atomic mass is 19.1. The Morgan fingerprint density at radius 1 is 1.05 bits per heavy atom. The van der Waals surface area contributed by atoms with Crippen LogP contribution in [0.1, 0.15) is 11.1 Å². The Kier molecular flexibility index (Phi) is 7.07. The zero-order valence-electron chi connectivity index (χ0n) is 19.8. The first-order valence-electron chi connectivity index (χ1n) is 11.7. The number of hydrogen-bond acceptors (Lipinski definition) is 6. The largest absolute Gasteiger partial charge is 0.444 e. The number of halogens is 1. The molecule has 0 bridgehead atoms. The lowest BCUT2D eigenvalue weighted by atomic mass is 10.2. The number of anilines is 2. The van der Waals surface area contributed by atoms with Crippen molar-refractivity contribution in [1.29, 1.82) is 0 Å². The minimum absolute atomic E-state index is 0.0393. The van der Waals surface area contributed by atoms with Crippen LogP contribution < -0.4 is 9.80 Å². The number of rotatable bonds is 8. The molecule has 0 aliphatic carbocycles. The van der Waals surface area contributed by atoms with E-state index in [1.807, 2.05) is 60.7 Å². The van der Waals surface area contributed by atoms with Gasteiger partial charge in [-0.2, -0.15) is 0 Å². The fourth-order valence-corrected chi connectivity index (χ4v) is 4.06. The zero-order valence-corrected chi connectivity index (χ0v) is 19.8. The number of hydrogen-bond donors (Lipinski definition) is 0. The maximum absolute atomic E-state index is 15.5. The quantitative estimate of drug-likeness (QED) is 0.345. The molecule has 10 heteroatoms. The lowest BCUT2D eigenvalue weighted by Gasteiger charge is -2.24. The number of aromatic nitrogens is 3. The number of cyclic esters (lactones) is 1. The molecule has 1 aromatic heterocycles. The van der Waals surface area contributed by atoms with E-state index < -0.39 is 24.1 Å². The predicted octanol–water partition coefficient (Wildman–Crippen LogP) is 4.79. The number of benzene rings is 3. The van der Waals surface area contributed by atoms with Crippen LogP contribution in [-0.4, -0.2) is 39.8 Å². The zero-order chi connectivity index (χ0) is 25.6. The minimum atomic E-state index is -0.687. The van der Waals surface area contributed by atoms with Crippen molar-refractivity contribution in [2.75, 3.05) is 16.3 Å². The Labute approximate surface area is 212 Å². The van der Waals surface area contributed by atoms with Gasteiger partial charge in [0.05, 0.1) is 37.2 Å². The fourth-order valence-electron chi connectivity index (χ4n) is 4.06. The van der Waals surface area contributed by atoms with E-state index in [-0.39, 0.29) is 25.4 Å². The molecule has 1 saturated heterocycles. The standard InChI is InChI=1S/C27H24FN5O4/c28-24-15-22(32-18-23(37-27(32)35)17-31-14-13-29-30-31)11-12-25(24)33(16-20-7-3-1-4-8-20)26(34)36-19-21-9-5-2-6-10-21/h1-15,23H,16-19H2/t23-/m0/s1. The molecular weight excluding hydrogens is 477 g/mol. The second-order valence-corrected chi connectivity index (χ2v) is 8.49. The van der Waals surface area contributed by atoms with Crippen molar-refractivity contribution in [2.24, 2.45) is 0 Å². The van der Waals surface area contributed by atoms with Crippen molar-refractivity contribution in [3.63, 3.8) is 0 Å². The molecule has 1 atom stereocenters. The van der Waals surface area contributed by atoms with Gasteiger partial charge < -0.3 is 9.47 Å². The van der Waals surface area contributed by atoms with E-state index in [1.54, 1.807) is 16.9 Å². The Hall–Kier alpha value is -4.73. The lowest BCUT2D eigenvalue weighted by molar-refractivity contribution is 0.129. The van der Waals surface area contributed by atoms with Crippen molar-refractivity contribution in [3.8, 4) is 0 Å². The third kappa shape index (κ3) is 5.75. The van der Waals surface area contributed by atoms with E-state index in [0.717, 1.165) is 11.1 Å². The van der Waals surface area contributed by atoms with Crippen molar-refractivity contribution >= 4 is 23.6 Å². The smallest absolute Gasteiger partial charge is 0.415 e. The van der Waals surface area contributed by atoms with Gasteiger partial charge >= 0.3 is 12.2 Å². The first-order chi connectivity index (χ1) is 18.1. The third-order valence-corrected chi connectivity index (χ3v) is 5.88. The topological polar surface area (TPSA) is 89.8 Å². The van der Waals surface area contributed by atoms with E-state index in [1.165, 1.54) is 28.1 Å². The molecule has 1 fully saturated rings. The van der Waals surface area contributed by atoms with E-state index in [0.29, 0.717) is 12.2 Å². The van der Waals surface area contributed by atoms with Gasteiger partial charge in [0.2, 0.25) is 0 Å². The highest BCUT2D eigenvalue weighted by Gasteiger charge is 2.33. The molecule has 0 saturated carbocycles. The Balaban J connectivity index is 1.34. The number of carbonyl (C=O) groups is 2. The van der Waals surface area contributed by atoms with Gasteiger partial charge in [0.15, 0.2) is 0 Å². The van der Waals surface area contributed by atoms with Gasteiger partial charge in [-0.15, -0.1) is 5.10 Å². The Bertz CT molecular complexity index is 1350. The molecule has 2 heterocycles. The summed E-state index contributed by atoms with van der Waals surface area (Å²) in [6, 6.07) is 22.8. The maximum Gasteiger partial charge on any atom is 0.415 e. The third-order valence-electron chi connectivity index (χ3n) is 5.88. The van der Waals surface area contributed by atoms with Crippen LogP contribution >= 0.6 is 0 Å². The summed E-state index contributed by atoms with van der Waals surface area (Å²) in [5.74, 6) is -0.669. The van der Waals surface area contributed by atoms with Crippen molar-refractivity contribution in [3.05, 3.63) is 108 Å². The highest BCUT2D eigenvalue weighted by molar-refractivity contribution is 5.91. The predicted molar refractivity (Wildman–Crippen MR) is 133 cm³/mol. The summed E-state index contributed by atoms with van der Waals surface area (Å²) < 4.78 is 27.9. The van der Waals surface area contributed by atoms with Gasteiger partial charge in [0.25, 0.3) is 0 Å². The minimum Gasteiger partial charge on any atom is -0.444 e. The van der Waals surface area contributed by atoms with Gasteiger partial charge in [0, 0.05) is 6.20 Å². The average Bonchev–Trinajstić information content (AvgIpc) is 3.56. The van der Waals surface area contributed by atoms with Crippen molar-refractivity contribution in [2.45, 2.75) is 25.8 Å². The maximum atomic E-state index is 15.5. The summed E-state index contributed by atoms with van der Waals surface area (Å²) in [5.41, 5.74) is 1.99. The molecule has 1 aliphatic heterocycles. The molecule has 3 aromatic carbocycles. The molecule has 188 valence electrons. The number of nitrogens with zero attached hydrogens (tertiary/aromatic N) is 5. The average molecular weight is 502 g/mol. The summed E-state index contributed by atoms with van der Waals surface area (Å²) in [6.45, 7) is 0.721. The van der Waals surface area contributed by atoms with Crippen LogP contribution in [0, 0.1) is 5.82 Å². The monoisotopic (exact) mass is 501 g/mol. The van der Waals surface area contributed by atoms with Gasteiger partial charge in [0.1, 0.15) is 18.5 Å². The summed E-state index contributed by atoms with van der Waals surface area (Å²) in [5, 5.41) is 7.62. The van der Waals surface area contributed by atoms with E-state index >= 15 is 4.39 Å². The second kappa shape index (κ2) is 10.9. The summed E-state index contributed by atoms with van der Waals surface area (Å²) in [6.07, 6.45) is 1.48. The molecule has 0 unspecified atom stereocenters. The molecule has 0 spiro atoms. The van der Waals surface area contributed by atoms with Crippen LogP contribution in [0.4, 0.5) is 25.4 Å². The number of amides is 2. The van der Waals surface area contributed by atoms with Crippen LogP contribution in [-0.2, 0) is 29.2 Å². The van der Waals surface area contributed by atoms with Crippen LogP contribution in [0.2, 0.25) is 0 Å². The molecule has 9 nitrogen and oxygen atoms in total. The van der Waals surface area contributed by atoms with Gasteiger partial charge in [-0.3, -0.25) is 9.80 Å². The summed E-state index contributed by atoms with van der Waals surface area (Å²) in [4.78, 5) is 28.2. The first-order valence-corrected chi connectivity index (χ1v) is 11.7. The highest BCUT2D eigenvalue weighted by Crippen LogP contribution is 2.29. The normalized spacial score (nSPS) is 14.9. The SMILES string of the molecule is O=C1O[C@@H](Cn2ccnn2)CN1c1ccc(N(Cc2ccccc2)C(=O)OCc2ccccc2)c(F)c1. The van der Waals surface area contributed by atoms with Crippen LogP contribution in [0.25, 0.3) is 0 Å². The van der Waals surface area contributed by atoms with Gasteiger partial charge in [-0.1, -0.05) is 65.9 Å². The van der Waals surface area contributed by atoms with Crippen LogP contribution in [0.5, 0.6) is 0 Å². The number of ether oxygens (including phenoxy) is 2. The van der Waals surface area contributed by atoms with E-state index in [4.69, 9.17) is 9.47 Å². The van der Waals surface area contributed by atoms with Gasteiger partial charge in [-0.05, 0) is 29.3 Å². The Morgan fingerprint density at radius 2 is 1.78 bits per heavy atom. The lowest BCUT2D eigenvalue weighted by Crippen LogP contribution is -2.32. The van der Waals surface area contributed by atoms with E-state index in [9.17, 15) is 9.59 Å². The Morgan fingerprint density at radius 3 is 2.46 bits per heavy atom. The van der Waals surface area contributed by atoms with Crippen molar-refractivity contribution < 1.29 is 23.5 Å². The van der Waals surface area contributed by atoms with E-state index in [2.05, 4.69) is 10.3 Å².